The van der Waals surface area contributed by atoms with Crippen LogP contribution in [0.25, 0.3) is 0 Å². The largest absolute Gasteiger partial charge is 0.439 e. The topological polar surface area (TPSA) is 34.2 Å². The van der Waals surface area contributed by atoms with Gasteiger partial charge in [-0.25, -0.2) is 4.98 Å². The third-order valence-electron chi connectivity index (χ3n) is 3.39. The molecular weight excluding hydrogens is 236 g/mol. The van der Waals surface area contributed by atoms with Gasteiger partial charge in [-0.1, -0.05) is 6.07 Å². The minimum Gasteiger partial charge on any atom is -0.439 e. The molecule has 0 bridgehead atoms. The van der Waals surface area contributed by atoms with Gasteiger partial charge < -0.3 is 10.1 Å². The predicted octanol–water partition coefficient (Wildman–Crippen LogP) is 3.77. The molecule has 0 amide bonds. The minimum absolute atomic E-state index is 0.283. The Morgan fingerprint density at radius 2 is 1.89 bits per heavy atom. The average Bonchev–Trinajstić information content (AvgIpc) is 2.42. The van der Waals surface area contributed by atoms with Crippen LogP contribution in [-0.4, -0.2) is 12.0 Å². The van der Waals surface area contributed by atoms with E-state index in [9.17, 15) is 0 Å². The maximum atomic E-state index is 5.81. The van der Waals surface area contributed by atoms with Crippen molar-refractivity contribution in [1.29, 1.82) is 0 Å². The molecule has 1 N–H and O–H groups in total. The molecule has 0 radical (unpaired) electrons. The van der Waals surface area contributed by atoms with Crippen LogP contribution in [0, 0.1) is 13.8 Å². The van der Waals surface area contributed by atoms with Crippen molar-refractivity contribution in [2.75, 3.05) is 7.05 Å². The molecule has 0 saturated carbocycles. The quantitative estimate of drug-likeness (QED) is 0.904. The number of aryl methyl sites for hydroxylation is 2. The molecule has 0 aliphatic carbocycles. The molecule has 1 aromatic carbocycles. The van der Waals surface area contributed by atoms with Crippen LogP contribution in [0.2, 0.25) is 0 Å². The predicted molar refractivity (Wildman–Crippen MR) is 77.7 cm³/mol. The van der Waals surface area contributed by atoms with E-state index in [0.717, 1.165) is 11.3 Å². The first-order chi connectivity index (χ1) is 9.10. The van der Waals surface area contributed by atoms with Gasteiger partial charge in [0.05, 0.1) is 0 Å². The van der Waals surface area contributed by atoms with Crippen LogP contribution in [0.5, 0.6) is 11.6 Å². The number of ether oxygens (including phenoxy) is 1. The van der Waals surface area contributed by atoms with E-state index >= 15 is 0 Å². The smallest absolute Gasteiger partial charge is 0.219 e. The highest BCUT2D eigenvalue weighted by molar-refractivity contribution is 5.36. The SMILES string of the molecule is CNC(C)c1ccnc(Oc2ccc(C)c(C)c2)c1. The molecule has 1 aromatic heterocycles. The van der Waals surface area contributed by atoms with Gasteiger partial charge in [0.1, 0.15) is 5.75 Å². The third kappa shape index (κ3) is 3.32. The van der Waals surface area contributed by atoms with Gasteiger partial charge >= 0.3 is 0 Å². The summed E-state index contributed by atoms with van der Waals surface area (Å²) in [5.41, 5.74) is 3.64. The minimum atomic E-state index is 0.283. The summed E-state index contributed by atoms with van der Waals surface area (Å²) in [6.07, 6.45) is 1.78. The van der Waals surface area contributed by atoms with Gasteiger partial charge in [0, 0.05) is 18.3 Å². The molecule has 19 heavy (non-hydrogen) atoms. The molecule has 1 heterocycles. The van der Waals surface area contributed by atoms with Crippen LogP contribution < -0.4 is 10.1 Å². The summed E-state index contributed by atoms with van der Waals surface area (Å²) in [6.45, 7) is 6.27. The fourth-order valence-electron chi connectivity index (χ4n) is 1.81. The van der Waals surface area contributed by atoms with E-state index in [1.54, 1.807) is 6.20 Å². The van der Waals surface area contributed by atoms with Crippen molar-refractivity contribution in [3.63, 3.8) is 0 Å². The van der Waals surface area contributed by atoms with Crippen molar-refractivity contribution in [3.05, 3.63) is 53.2 Å². The van der Waals surface area contributed by atoms with Gasteiger partial charge in [-0.2, -0.15) is 0 Å². The van der Waals surface area contributed by atoms with E-state index in [0.29, 0.717) is 5.88 Å². The van der Waals surface area contributed by atoms with Crippen LogP contribution in [0.3, 0.4) is 0 Å². The first-order valence-electron chi connectivity index (χ1n) is 6.48. The van der Waals surface area contributed by atoms with Crippen LogP contribution >= 0.6 is 0 Å². The molecule has 1 atom stereocenters. The van der Waals surface area contributed by atoms with Crippen molar-refractivity contribution in [1.82, 2.24) is 10.3 Å². The molecule has 1 unspecified atom stereocenters. The molecule has 100 valence electrons. The first kappa shape index (κ1) is 13.6. The lowest BCUT2D eigenvalue weighted by Gasteiger charge is -2.12. The number of nitrogens with zero attached hydrogens (tertiary/aromatic N) is 1. The summed E-state index contributed by atoms with van der Waals surface area (Å²) in [7, 11) is 1.94. The van der Waals surface area contributed by atoms with E-state index < -0.39 is 0 Å². The summed E-state index contributed by atoms with van der Waals surface area (Å²) in [6, 6.07) is 10.3. The van der Waals surface area contributed by atoms with E-state index in [2.05, 4.69) is 37.1 Å². The lowest BCUT2D eigenvalue weighted by Crippen LogP contribution is -2.12. The summed E-state index contributed by atoms with van der Waals surface area (Å²) in [4.78, 5) is 4.25. The maximum Gasteiger partial charge on any atom is 0.219 e. The van der Waals surface area contributed by atoms with Crippen LogP contribution in [0.4, 0.5) is 0 Å². The van der Waals surface area contributed by atoms with Gasteiger partial charge in [-0.05, 0) is 62.7 Å². The van der Waals surface area contributed by atoms with Crippen LogP contribution in [0.15, 0.2) is 36.5 Å². The Morgan fingerprint density at radius 1 is 1.11 bits per heavy atom. The highest BCUT2D eigenvalue weighted by Gasteiger charge is 2.06. The normalized spacial score (nSPS) is 12.2. The fourth-order valence-corrected chi connectivity index (χ4v) is 1.81. The number of hydrogen-bond donors (Lipinski definition) is 1. The first-order valence-corrected chi connectivity index (χ1v) is 6.48. The zero-order valence-electron chi connectivity index (χ0n) is 11.9. The Bertz CT molecular complexity index is 566. The molecule has 0 saturated heterocycles. The monoisotopic (exact) mass is 256 g/mol. The number of aromatic nitrogens is 1. The maximum absolute atomic E-state index is 5.81. The molecular formula is C16H20N2O. The second-order valence-corrected chi connectivity index (χ2v) is 4.79. The number of rotatable bonds is 4. The molecule has 2 rings (SSSR count). The van der Waals surface area contributed by atoms with E-state index in [4.69, 9.17) is 4.74 Å². The Labute approximate surface area is 114 Å². The van der Waals surface area contributed by atoms with Gasteiger partial charge in [0.25, 0.3) is 0 Å². The van der Waals surface area contributed by atoms with Gasteiger partial charge in [0.2, 0.25) is 5.88 Å². The van der Waals surface area contributed by atoms with E-state index in [-0.39, 0.29) is 6.04 Å². The summed E-state index contributed by atoms with van der Waals surface area (Å²) < 4.78 is 5.81. The van der Waals surface area contributed by atoms with Gasteiger partial charge in [-0.15, -0.1) is 0 Å². The molecule has 3 nitrogen and oxygen atoms in total. The Kier molecular flexibility index (Phi) is 4.17. The Hall–Kier alpha value is -1.87. The van der Waals surface area contributed by atoms with Gasteiger partial charge in [0.15, 0.2) is 0 Å². The average molecular weight is 256 g/mol. The van der Waals surface area contributed by atoms with Gasteiger partial charge in [-0.3, -0.25) is 0 Å². The zero-order chi connectivity index (χ0) is 13.8. The number of hydrogen-bond acceptors (Lipinski definition) is 3. The molecule has 0 fully saturated rings. The molecule has 2 aromatic rings. The van der Waals surface area contributed by atoms with Crippen molar-refractivity contribution >= 4 is 0 Å². The zero-order valence-corrected chi connectivity index (χ0v) is 11.9. The third-order valence-corrected chi connectivity index (χ3v) is 3.39. The van der Waals surface area contributed by atoms with Crippen molar-refractivity contribution < 1.29 is 4.74 Å². The summed E-state index contributed by atoms with van der Waals surface area (Å²) in [5.74, 6) is 1.45. The van der Waals surface area contributed by atoms with Crippen LogP contribution in [0.1, 0.15) is 29.7 Å². The lowest BCUT2D eigenvalue weighted by molar-refractivity contribution is 0.460. The molecule has 0 spiro atoms. The Balaban J connectivity index is 2.20. The molecule has 3 heteroatoms. The van der Waals surface area contributed by atoms with E-state index in [1.807, 2.05) is 31.3 Å². The molecule has 0 aliphatic heterocycles. The fraction of sp³-hybridized carbons (Fsp3) is 0.312. The second kappa shape index (κ2) is 5.85. The second-order valence-electron chi connectivity index (χ2n) is 4.79. The highest BCUT2D eigenvalue weighted by Crippen LogP contribution is 2.24. The van der Waals surface area contributed by atoms with Crippen molar-refractivity contribution in [2.24, 2.45) is 0 Å². The number of nitrogens with one attached hydrogen (secondary N) is 1. The Morgan fingerprint density at radius 3 is 2.58 bits per heavy atom. The summed E-state index contributed by atoms with van der Waals surface area (Å²) in [5, 5.41) is 3.21. The van der Waals surface area contributed by atoms with Crippen LogP contribution in [-0.2, 0) is 0 Å². The van der Waals surface area contributed by atoms with Crippen molar-refractivity contribution in [3.8, 4) is 11.6 Å². The standard InChI is InChI=1S/C16H20N2O/c1-11-5-6-15(9-12(11)2)19-16-10-14(7-8-18-16)13(3)17-4/h5-10,13,17H,1-4H3. The van der Waals surface area contributed by atoms with E-state index in [1.165, 1.54) is 11.1 Å². The molecule has 0 aliphatic rings. The number of pyridine rings is 1. The lowest BCUT2D eigenvalue weighted by atomic mass is 10.1. The number of benzene rings is 1. The summed E-state index contributed by atoms with van der Waals surface area (Å²) >= 11 is 0. The highest BCUT2D eigenvalue weighted by atomic mass is 16.5. The van der Waals surface area contributed by atoms with Crippen molar-refractivity contribution in [2.45, 2.75) is 26.8 Å².